The SMILES string of the molecule is CC(C)(C)n1ncc2c1NC(=O)C[C@]21C(=O)Nc2cc(F)ccc21. The number of nitrogens with zero attached hydrogens (tertiary/aromatic N) is 2. The van der Waals surface area contributed by atoms with E-state index in [2.05, 4.69) is 15.7 Å². The molecule has 0 unspecified atom stereocenters. The maximum absolute atomic E-state index is 13.5. The Kier molecular flexibility index (Phi) is 2.75. The highest BCUT2D eigenvalue weighted by molar-refractivity contribution is 6.14. The number of benzene rings is 1. The Hall–Kier alpha value is -2.70. The van der Waals surface area contributed by atoms with Crippen molar-refractivity contribution in [2.45, 2.75) is 38.1 Å². The van der Waals surface area contributed by atoms with Crippen LogP contribution < -0.4 is 10.6 Å². The number of amides is 2. The van der Waals surface area contributed by atoms with E-state index in [4.69, 9.17) is 0 Å². The summed E-state index contributed by atoms with van der Waals surface area (Å²) >= 11 is 0. The number of rotatable bonds is 0. The summed E-state index contributed by atoms with van der Waals surface area (Å²) in [5, 5.41) is 9.94. The number of nitrogens with one attached hydrogen (secondary N) is 2. The Morgan fingerprint density at radius 1 is 1.21 bits per heavy atom. The van der Waals surface area contributed by atoms with Crippen LogP contribution in [0.4, 0.5) is 15.9 Å². The summed E-state index contributed by atoms with van der Waals surface area (Å²) < 4.78 is 15.2. The summed E-state index contributed by atoms with van der Waals surface area (Å²) in [4.78, 5) is 25.2. The van der Waals surface area contributed by atoms with Crippen LogP contribution in [0.1, 0.15) is 38.3 Å². The molecule has 0 radical (unpaired) electrons. The van der Waals surface area contributed by atoms with Crippen LogP contribution in [0.15, 0.2) is 24.4 Å². The predicted octanol–water partition coefficient (Wildman–Crippen LogP) is 2.36. The minimum atomic E-state index is -1.16. The van der Waals surface area contributed by atoms with Crippen molar-refractivity contribution in [2.24, 2.45) is 0 Å². The number of hydrogen-bond donors (Lipinski definition) is 2. The molecule has 2 aliphatic heterocycles. The van der Waals surface area contributed by atoms with Crippen LogP contribution in [0.25, 0.3) is 0 Å². The Morgan fingerprint density at radius 3 is 2.67 bits per heavy atom. The van der Waals surface area contributed by atoms with E-state index >= 15 is 0 Å². The highest BCUT2D eigenvalue weighted by Gasteiger charge is 2.54. The van der Waals surface area contributed by atoms with Gasteiger partial charge in [-0.15, -0.1) is 0 Å². The first kappa shape index (κ1) is 14.9. The van der Waals surface area contributed by atoms with Crippen LogP contribution >= 0.6 is 0 Å². The van der Waals surface area contributed by atoms with Crippen molar-refractivity contribution in [2.75, 3.05) is 10.6 Å². The van der Waals surface area contributed by atoms with E-state index in [1.165, 1.54) is 12.1 Å². The summed E-state index contributed by atoms with van der Waals surface area (Å²) in [6.07, 6.45) is 1.60. The molecule has 3 heterocycles. The molecule has 4 rings (SSSR count). The number of halogens is 1. The third-order valence-corrected chi connectivity index (χ3v) is 4.63. The van der Waals surface area contributed by atoms with Gasteiger partial charge < -0.3 is 10.6 Å². The third-order valence-electron chi connectivity index (χ3n) is 4.63. The molecule has 24 heavy (non-hydrogen) atoms. The number of carbonyl (C=O) groups excluding carboxylic acids is 2. The molecule has 6 nitrogen and oxygen atoms in total. The molecule has 1 spiro atoms. The lowest BCUT2D eigenvalue weighted by molar-refractivity contribution is -0.125. The molecular weight excluding hydrogens is 311 g/mol. The van der Waals surface area contributed by atoms with Crippen LogP contribution in [0, 0.1) is 5.82 Å². The Balaban J connectivity index is 2.01. The van der Waals surface area contributed by atoms with Gasteiger partial charge in [-0.2, -0.15) is 5.10 Å². The maximum atomic E-state index is 13.5. The molecule has 124 valence electrons. The summed E-state index contributed by atoms with van der Waals surface area (Å²) in [5.41, 5.74) is 0.132. The van der Waals surface area contributed by atoms with Crippen molar-refractivity contribution in [3.8, 4) is 0 Å². The molecule has 0 saturated carbocycles. The zero-order valence-electron chi connectivity index (χ0n) is 13.6. The van der Waals surface area contributed by atoms with E-state index < -0.39 is 11.2 Å². The smallest absolute Gasteiger partial charge is 0.240 e. The van der Waals surface area contributed by atoms with E-state index in [0.29, 0.717) is 22.6 Å². The van der Waals surface area contributed by atoms with Gasteiger partial charge in [0.1, 0.15) is 17.1 Å². The predicted molar refractivity (Wildman–Crippen MR) is 86.3 cm³/mol. The Morgan fingerprint density at radius 2 is 1.96 bits per heavy atom. The van der Waals surface area contributed by atoms with Crippen molar-refractivity contribution in [1.82, 2.24) is 9.78 Å². The molecule has 0 bridgehead atoms. The normalized spacial score (nSPS) is 22.2. The van der Waals surface area contributed by atoms with Crippen molar-refractivity contribution >= 4 is 23.3 Å². The highest BCUT2D eigenvalue weighted by atomic mass is 19.1. The lowest BCUT2D eigenvalue weighted by Crippen LogP contribution is -2.44. The van der Waals surface area contributed by atoms with Crippen molar-refractivity contribution in [3.63, 3.8) is 0 Å². The first-order chi connectivity index (χ1) is 11.2. The largest absolute Gasteiger partial charge is 0.325 e. The zero-order valence-corrected chi connectivity index (χ0v) is 13.6. The summed E-state index contributed by atoms with van der Waals surface area (Å²) in [7, 11) is 0. The Bertz CT molecular complexity index is 896. The lowest BCUT2D eigenvalue weighted by Gasteiger charge is -2.33. The van der Waals surface area contributed by atoms with Gasteiger partial charge in [-0.1, -0.05) is 6.07 Å². The molecule has 0 saturated heterocycles. The monoisotopic (exact) mass is 328 g/mol. The minimum Gasteiger partial charge on any atom is -0.325 e. The second kappa shape index (κ2) is 4.43. The van der Waals surface area contributed by atoms with Gasteiger partial charge in [0.2, 0.25) is 11.8 Å². The first-order valence-corrected chi connectivity index (χ1v) is 7.74. The first-order valence-electron chi connectivity index (χ1n) is 7.74. The van der Waals surface area contributed by atoms with E-state index in [0.717, 1.165) is 0 Å². The minimum absolute atomic E-state index is 0.0275. The van der Waals surface area contributed by atoms with Crippen LogP contribution in [0.2, 0.25) is 0 Å². The van der Waals surface area contributed by atoms with Gasteiger partial charge in [0.05, 0.1) is 11.7 Å². The van der Waals surface area contributed by atoms with Crippen molar-refractivity contribution in [1.29, 1.82) is 0 Å². The summed E-state index contributed by atoms with van der Waals surface area (Å²) in [5.74, 6) is -0.503. The molecule has 0 aliphatic carbocycles. The number of hydrogen-bond acceptors (Lipinski definition) is 3. The number of carbonyl (C=O) groups is 2. The third kappa shape index (κ3) is 1.78. The fourth-order valence-corrected chi connectivity index (χ4v) is 3.59. The van der Waals surface area contributed by atoms with E-state index in [-0.39, 0.29) is 23.8 Å². The second-order valence-corrected chi connectivity index (χ2v) is 7.26. The van der Waals surface area contributed by atoms with Gasteiger partial charge in [0.25, 0.3) is 0 Å². The molecule has 2 aliphatic rings. The fourth-order valence-electron chi connectivity index (χ4n) is 3.59. The van der Waals surface area contributed by atoms with Gasteiger partial charge in [-0.25, -0.2) is 9.07 Å². The molecule has 2 N–H and O–H groups in total. The quantitative estimate of drug-likeness (QED) is 0.779. The van der Waals surface area contributed by atoms with Gasteiger partial charge in [0.15, 0.2) is 0 Å². The number of anilines is 2. The number of aromatic nitrogens is 2. The fraction of sp³-hybridized carbons (Fsp3) is 0.353. The summed E-state index contributed by atoms with van der Waals surface area (Å²) in [6.45, 7) is 5.89. The number of fused-ring (bicyclic) bond motifs is 4. The lowest BCUT2D eigenvalue weighted by atomic mass is 9.72. The molecule has 2 aromatic rings. The maximum Gasteiger partial charge on any atom is 0.240 e. The highest BCUT2D eigenvalue weighted by Crippen LogP contribution is 2.50. The van der Waals surface area contributed by atoms with Gasteiger partial charge in [-0.3, -0.25) is 9.59 Å². The molecular formula is C17H17FN4O2. The van der Waals surface area contributed by atoms with Crippen LogP contribution in [0.5, 0.6) is 0 Å². The van der Waals surface area contributed by atoms with Crippen molar-refractivity contribution < 1.29 is 14.0 Å². The molecule has 1 atom stereocenters. The van der Waals surface area contributed by atoms with Gasteiger partial charge >= 0.3 is 0 Å². The molecule has 0 fully saturated rings. The van der Waals surface area contributed by atoms with Gasteiger partial charge in [-0.05, 0) is 38.5 Å². The average molecular weight is 328 g/mol. The van der Waals surface area contributed by atoms with E-state index in [1.54, 1.807) is 16.9 Å². The van der Waals surface area contributed by atoms with E-state index in [9.17, 15) is 14.0 Å². The molecule has 1 aromatic carbocycles. The van der Waals surface area contributed by atoms with Crippen LogP contribution in [-0.4, -0.2) is 21.6 Å². The molecule has 1 aromatic heterocycles. The van der Waals surface area contributed by atoms with Gasteiger partial charge in [0, 0.05) is 17.7 Å². The molecule has 7 heteroatoms. The van der Waals surface area contributed by atoms with E-state index in [1.807, 2.05) is 20.8 Å². The van der Waals surface area contributed by atoms with Crippen LogP contribution in [0.3, 0.4) is 0 Å². The summed E-state index contributed by atoms with van der Waals surface area (Å²) in [6, 6.07) is 4.16. The topological polar surface area (TPSA) is 76.0 Å². The Labute approximate surface area is 138 Å². The van der Waals surface area contributed by atoms with Crippen LogP contribution in [-0.2, 0) is 20.5 Å². The molecule has 2 amide bonds. The zero-order chi connectivity index (χ0) is 17.3. The van der Waals surface area contributed by atoms with Crippen molar-refractivity contribution in [3.05, 3.63) is 41.3 Å². The average Bonchev–Trinajstić information content (AvgIpc) is 2.99. The standard InChI is InChI=1S/C17H17FN4O2/c1-16(2,3)22-14-11(8-19-22)17(7-13(23)21-14)10-5-4-9(18)6-12(10)20-15(17)24/h4-6,8H,7H2,1-3H3,(H,20,24)(H,21,23)/t17-/m1/s1. The second-order valence-electron chi connectivity index (χ2n) is 7.26.